The van der Waals surface area contributed by atoms with E-state index in [1.807, 2.05) is 6.07 Å². The molecule has 2 nitrogen and oxygen atoms in total. The average molecular weight is 187 g/mol. The number of ether oxygens (including phenoxy) is 1. The van der Waals surface area contributed by atoms with Crippen molar-refractivity contribution in [2.45, 2.75) is 13.2 Å². The molecule has 0 unspecified atom stereocenters. The van der Waals surface area contributed by atoms with Crippen LogP contribution >= 0.6 is 0 Å². The molecule has 0 aliphatic heterocycles. The summed E-state index contributed by atoms with van der Waals surface area (Å²) in [4.78, 5) is 0. The molecular formula is C9H11F2NO. The van der Waals surface area contributed by atoms with E-state index in [0.717, 1.165) is 5.56 Å². The lowest BCUT2D eigenvalue weighted by Crippen LogP contribution is -2.74. The highest BCUT2D eigenvalue weighted by atomic mass is 19.3. The molecule has 1 aromatic carbocycles. The van der Waals surface area contributed by atoms with Crippen molar-refractivity contribution in [1.29, 1.82) is 0 Å². The fraction of sp³-hybridized carbons (Fsp3) is 0.222. The van der Waals surface area contributed by atoms with Crippen LogP contribution in [0, 0.1) is 7.05 Å². The Morgan fingerprint density at radius 1 is 1.46 bits per heavy atom. The lowest BCUT2D eigenvalue weighted by Gasteiger charge is -2.06. The van der Waals surface area contributed by atoms with Gasteiger partial charge in [0, 0.05) is 5.56 Å². The normalized spacial score (nSPS) is 10.5. The maximum atomic E-state index is 11.8. The van der Waals surface area contributed by atoms with Gasteiger partial charge in [0.2, 0.25) is 0 Å². The zero-order valence-corrected chi connectivity index (χ0v) is 7.04. The number of nitrogens with two attached hydrogens (primary N) is 1. The summed E-state index contributed by atoms with van der Waals surface area (Å²) >= 11 is 0. The molecule has 0 heterocycles. The average Bonchev–Trinajstić information content (AvgIpc) is 2.04. The maximum Gasteiger partial charge on any atom is 0.387 e. The van der Waals surface area contributed by atoms with E-state index in [1.165, 1.54) is 6.07 Å². The number of hydrogen-bond donors (Lipinski definition) is 1. The van der Waals surface area contributed by atoms with Crippen LogP contribution in [0.5, 0.6) is 5.75 Å². The summed E-state index contributed by atoms with van der Waals surface area (Å²) in [5, 5.41) is 1.71. The standard InChI is InChI=1S/C9H11F2NO/c1-12-6-7-3-2-4-8(5-7)13-9(10)11/h2-5,9H,1,6,12H2. The lowest BCUT2D eigenvalue weighted by atomic mass is 10.2. The first-order valence-electron chi connectivity index (χ1n) is 3.87. The Hall–Kier alpha value is -1.16. The van der Waals surface area contributed by atoms with Crippen LogP contribution in [0.2, 0.25) is 0 Å². The van der Waals surface area contributed by atoms with E-state index in [-0.39, 0.29) is 5.75 Å². The number of alkyl halides is 2. The minimum Gasteiger partial charge on any atom is -0.475 e. The second-order valence-electron chi connectivity index (χ2n) is 2.52. The second-order valence-corrected chi connectivity index (χ2v) is 2.52. The summed E-state index contributed by atoms with van der Waals surface area (Å²) in [6.07, 6.45) is 0. The van der Waals surface area contributed by atoms with E-state index in [2.05, 4.69) is 11.8 Å². The highest BCUT2D eigenvalue weighted by Gasteiger charge is 2.03. The Morgan fingerprint density at radius 2 is 2.23 bits per heavy atom. The summed E-state index contributed by atoms with van der Waals surface area (Å²) in [5.41, 5.74) is 0.910. The zero-order valence-electron chi connectivity index (χ0n) is 7.04. The molecule has 0 atom stereocenters. The van der Waals surface area contributed by atoms with Crippen molar-refractivity contribution in [2.24, 2.45) is 0 Å². The predicted octanol–water partition coefficient (Wildman–Crippen LogP) is 1.14. The number of halogens is 2. The molecule has 13 heavy (non-hydrogen) atoms. The van der Waals surface area contributed by atoms with Crippen LogP contribution < -0.4 is 10.1 Å². The van der Waals surface area contributed by atoms with Gasteiger partial charge in [-0.15, -0.1) is 0 Å². The highest BCUT2D eigenvalue weighted by Crippen LogP contribution is 2.14. The van der Waals surface area contributed by atoms with Gasteiger partial charge in [-0.3, -0.25) is 0 Å². The smallest absolute Gasteiger partial charge is 0.387 e. The molecule has 0 saturated heterocycles. The van der Waals surface area contributed by atoms with Gasteiger partial charge < -0.3 is 10.1 Å². The van der Waals surface area contributed by atoms with Crippen LogP contribution in [-0.2, 0) is 6.54 Å². The Kier molecular flexibility index (Phi) is 3.64. The number of rotatable bonds is 4. The molecule has 0 bridgehead atoms. The van der Waals surface area contributed by atoms with Crippen molar-refractivity contribution in [3.63, 3.8) is 0 Å². The Labute approximate surface area is 75.5 Å². The van der Waals surface area contributed by atoms with Crippen LogP contribution in [0.1, 0.15) is 5.56 Å². The largest absolute Gasteiger partial charge is 0.475 e. The zero-order chi connectivity index (χ0) is 9.68. The third kappa shape index (κ3) is 3.38. The Bertz CT molecular complexity index is 266. The molecule has 0 fully saturated rings. The van der Waals surface area contributed by atoms with E-state index in [0.29, 0.717) is 6.54 Å². The molecule has 0 radical (unpaired) electrons. The van der Waals surface area contributed by atoms with Crippen molar-refractivity contribution >= 4 is 0 Å². The molecular weight excluding hydrogens is 176 g/mol. The van der Waals surface area contributed by atoms with Gasteiger partial charge in [0.05, 0.1) is 6.54 Å². The van der Waals surface area contributed by atoms with Crippen molar-refractivity contribution in [2.75, 3.05) is 0 Å². The third-order valence-electron chi connectivity index (χ3n) is 1.50. The topological polar surface area (TPSA) is 25.8 Å². The number of benzene rings is 1. The summed E-state index contributed by atoms with van der Waals surface area (Å²) < 4.78 is 27.8. The number of quaternary nitrogens is 1. The van der Waals surface area contributed by atoms with Gasteiger partial charge in [-0.2, -0.15) is 15.8 Å². The van der Waals surface area contributed by atoms with Crippen LogP contribution in [0.15, 0.2) is 24.3 Å². The Balaban J connectivity index is 2.67. The van der Waals surface area contributed by atoms with Crippen LogP contribution in [0.3, 0.4) is 0 Å². The van der Waals surface area contributed by atoms with Crippen LogP contribution in [0.4, 0.5) is 8.78 Å². The van der Waals surface area contributed by atoms with Gasteiger partial charge in [-0.1, -0.05) is 12.1 Å². The van der Waals surface area contributed by atoms with Crippen molar-refractivity contribution < 1.29 is 18.8 Å². The van der Waals surface area contributed by atoms with Crippen LogP contribution in [0.25, 0.3) is 0 Å². The van der Waals surface area contributed by atoms with E-state index in [4.69, 9.17) is 0 Å². The molecule has 72 valence electrons. The molecule has 4 heteroatoms. The summed E-state index contributed by atoms with van der Waals surface area (Å²) in [6.45, 7) is -2.11. The molecule has 0 aliphatic carbocycles. The molecule has 1 aromatic rings. The summed E-state index contributed by atoms with van der Waals surface area (Å²) in [5.74, 6) is 0.189. The predicted molar refractivity (Wildman–Crippen MR) is 44.1 cm³/mol. The van der Waals surface area contributed by atoms with Gasteiger partial charge in [0.1, 0.15) is 5.75 Å². The number of hydrogen-bond acceptors (Lipinski definition) is 1. The summed E-state index contributed by atoms with van der Waals surface area (Å²) in [7, 11) is 3.56. The fourth-order valence-corrected chi connectivity index (χ4v) is 1.02. The van der Waals surface area contributed by atoms with Gasteiger partial charge in [0.25, 0.3) is 0 Å². The molecule has 0 saturated carbocycles. The fourth-order valence-electron chi connectivity index (χ4n) is 1.02. The van der Waals surface area contributed by atoms with E-state index in [1.54, 1.807) is 17.4 Å². The lowest BCUT2D eigenvalue weighted by molar-refractivity contribution is -0.612. The third-order valence-corrected chi connectivity index (χ3v) is 1.50. The van der Waals surface area contributed by atoms with Gasteiger partial charge >= 0.3 is 6.61 Å². The molecule has 0 aliphatic rings. The summed E-state index contributed by atoms with van der Waals surface area (Å²) in [6, 6.07) is 6.59. The molecule has 1 rings (SSSR count). The molecule has 0 aromatic heterocycles. The Morgan fingerprint density at radius 3 is 2.85 bits per heavy atom. The van der Waals surface area contributed by atoms with Crippen molar-refractivity contribution in [1.82, 2.24) is 0 Å². The van der Waals surface area contributed by atoms with E-state index < -0.39 is 6.61 Å². The maximum absolute atomic E-state index is 11.8. The van der Waals surface area contributed by atoms with E-state index in [9.17, 15) is 8.78 Å². The quantitative estimate of drug-likeness (QED) is 0.703. The first-order valence-corrected chi connectivity index (χ1v) is 3.87. The van der Waals surface area contributed by atoms with E-state index >= 15 is 0 Å². The first kappa shape index (κ1) is 9.92. The minimum absolute atomic E-state index is 0.189. The first-order chi connectivity index (χ1) is 6.22. The molecule has 0 amide bonds. The molecule has 0 spiro atoms. The van der Waals surface area contributed by atoms with Gasteiger partial charge in [0.15, 0.2) is 0 Å². The van der Waals surface area contributed by atoms with Gasteiger partial charge in [-0.05, 0) is 12.1 Å². The van der Waals surface area contributed by atoms with Crippen molar-refractivity contribution in [3.05, 3.63) is 36.9 Å². The van der Waals surface area contributed by atoms with Crippen molar-refractivity contribution in [3.8, 4) is 5.75 Å². The monoisotopic (exact) mass is 187 g/mol. The highest BCUT2D eigenvalue weighted by molar-refractivity contribution is 5.27. The second kappa shape index (κ2) is 4.77. The van der Waals surface area contributed by atoms with Crippen LogP contribution in [-0.4, -0.2) is 6.61 Å². The molecule has 2 N–H and O–H groups in total. The SMILES string of the molecule is [CH2-][NH2+]Cc1cccc(OC(F)F)c1. The minimum atomic E-state index is -2.76. The van der Waals surface area contributed by atoms with Gasteiger partial charge in [-0.25, -0.2) is 0 Å².